The van der Waals surface area contributed by atoms with Crippen LogP contribution in [0.4, 0.5) is 0 Å². The van der Waals surface area contributed by atoms with Gasteiger partial charge in [0, 0.05) is 42.8 Å². The maximum atomic E-state index is 10.2. The van der Waals surface area contributed by atoms with Crippen LogP contribution in [0.25, 0.3) is 0 Å². The highest BCUT2D eigenvalue weighted by atomic mass is 35.5. The van der Waals surface area contributed by atoms with E-state index in [0.717, 1.165) is 40.7 Å². The molecule has 4 heterocycles. The number of aliphatic hydroxyl groups is 1. The molecular weight excluding hydrogens is 346 g/mol. The minimum Gasteiger partial charge on any atom is -0.386 e. The molecule has 0 amide bonds. The molecule has 0 saturated carbocycles. The lowest BCUT2D eigenvalue weighted by molar-refractivity contribution is -0.139. The van der Waals surface area contributed by atoms with Gasteiger partial charge in [0.2, 0.25) is 0 Å². The van der Waals surface area contributed by atoms with Crippen LogP contribution in [0.1, 0.15) is 42.0 Å². The van der Waals surface area contributed by atoms with Gasteiger partial charge in [0.15, 0.2) is 0 Å². The van der Waals surface area contributed by atoms with Crippen LogP contribution in [0.2, 0.25) is 4.34 Å². The molecule has 2 aromatic rings. The number of fused-ring (bicyclic) bond motifs is 2. The van der Waals surface area contributed by atoms with E-state index in [1.54, 1.807) is 11.3 Å². The number of aryl methyl sites for hydroxylation is 1. The molecule has 0 aromatic carbocycles. The molecule has 0 aliphatic carbocycles. The second kappa shape index (κ2) is 6.11. The van der Waals surface area contributed by atoms with E-state index in [1.165, 1.54) is 5.69 Å². The van der Waals surface area contributed by atoms with Crippen LogP contribution >= 0.6 is 22.9 Å². The average Bonchev–Trinajstić information content (AvgIpc) is 3.13. The van der Waals surface area contributed by atoms with Gasteiger partial charge in [0.1, 0.15) is 11.7 Å². The van der Waals surface area contributed by atoms with Gasteiger partial charge in [0.25, 0.3) is 0 Å². The van der Waals surface area contributed by atoms with Crippen LogP contribution in [-0.2, 0) is 23.9 Å². The number of aromatic nitrogens is 2. The summed E-state index contributed by atoms with van der Waals surface area (Å²) in [5.74, 6) is 0. The van der Waals surface area contributed by atoms with Crippen molar-refractivity contribution in [1.29, 1.82) is 0 Å². The number of thiophene rings is 1. The standard InChI is InChI=1S/C17H22ClN3O2S/c1-11-8-17(4-6-21(11)9-12-3-5-19-20(12)2)16-13(7-15(18)24-16)14(22)10-23-17/h3,5,7,11,14,22H,4,6,8-10H2,1-2H3/t11-,14-,17+/m0/s1. The molecule has 0 unspecified atom stereocenters. The molecule has 5 nitrogen and oxygen atoms in total. The smallest absolute Gasteiger partial charge is 0.105 e. The van der Waals surface area contributed by atoms with Crippen molar-refractivity contribution in [1.82, 2.24) is 14.7 Å². The molecule has 0 bridgehead atoms. The van der Waals surface area contributed by atoms with Gasteiger partial charge < -0.3 is 9.84 Å². The minimum atomic E-state index is -0.558. The van der Waals surface area contributed by atoms with Crippen molar-refractivity contribution in [3.8, 4) is 0 Å². The average molecular weight is 368 g/mol. The van der Waals surface area contributed by atoms with Crippen molar-refractivity contribution in [2.45, 2.75) is 44.1 Å². The Hall–Kier alpha value is -0.920. The summed E-state index contributed by atoms with van der Waals surface area (Å²) in [6, 6.07) is 4.36. The van der Waals surface area contributed by atoms with E-state index >= 15 is 0 Å². The zero-order chi connectivity index (χ0) is 16.9. The van der Waals surface area contributed by atoms with E-state index in [9.17, 15) is 5.11 Å². The Morgan fingerprint density at radius 3 is 3.08 bits per heavy atom. The summed E-state index contributed by atoms with van der Waals surface area (Å²) < 4.78 is 8.86. The maximum Gasteiger partial charge on any atom is 0.105 e. The van der Waals surface area contributed by atoms with Crippen molar-refractivity contribution in [2.24, 2.45) is 7.05 Å². The quantitative estimate of drug-likeness (QED) is 0.886. The number of hydrogen-bond acceptors (Lipinski definition) is 5. The van der Waals surface area contributed by atoms with Crippen molar-refractivity contribution >= 4 is 22.9 Å². The van der Waals surface area contributed by atoms with E-state index < -0.39 is 6.10 Å². The summed E-state index contributed by atoms with van der Waals surface area (Å²) in [7, 11) is 1.98. The summed E-state index contributed by atoms with van der Waals surface area (Å²) in [4.78, 5) is 3.60. The number of piperidine rings is 1. The van der Waals surface area contributed by atoms with Crippen molar-refractivity contribution < 1.29 is 9.84 Å². The fourth-order valence-electron chi connectivity index (χ4n) is 3.96. The lowest BCUT2D eigenvalue weighted by Gasteiger charge is -2.47. The topological polar surface area (TPSA) is 50.5 Å². The van der Waals surface area contributed by atoms with Crippen LogP contribution in [0, 0.1) is 0 Å². The zero-order valence-corrected chi connectivity index (χ0v) is 15.5. The van der Waals surface area contributed by atoms with Gasteiger partial charge in [-0.15, -0.1) is 11.3 Å². The Morgan fingerprint density at radius 1 is 1.54 bits per heavy atom. The first-order chi connectivity index (χ1) is 11.5. The minimum absolute atomic E-state index is 0.297. The van der Waals surface area contributed by atoms with Crippen LogP contribution in [0.3, 0.4) is 0 Å². The molecule has 7 heteroatoms. The van der Waals surface area contributed by atoms with E-state index in [2.05, 4.69) is 23.0 Å². The second-order valence-corrected chi connectivity index (χ2v) is 8.56. The molecule has 4 rings (SSSR count). The number of nitrogens with zero attached hydrogens (tertiary/aromatic N) is 3. The summed E-state index contributed by atoms with van der Waals surface area (Å²) in [6.07, 6.45) is 3.13. The molecule has 0 radical (unpaired) electrons. The third-order valence-corrected chi connectivity index (χ3v) is 6.83. The number of halogens is 1. The third-order valence-electron chi connectivity index (χ3n) is 5.36. The van der Waals surface area contributed by atoms with E-state index in [4.69, 9.17) is 16.3 Å². The van der Waals surface area contributed by atoms with E-state index in [0.29, 0.717) is 12.6 Å². The van der Waals surface area contributed by atoms with Gasteiger partial charge >= 0.3 is 0 Å². The maximum absolute atomic E-state index is 10.2. The number of hydrogen-bond donors (Lipinski definition) is 1. The molecule has 1 N–H and O–H groups in total. The molecule has 2 aliphatic rings. The SMILES string of the molecule is C[C@H]1C[C@@]2(CCN1Cc1ccnn1C)OC[C@H](O)c1cc(Cl)sc12. The monoisotopic (exact) mass is 367 g/mol. The first-order valence-electron chi connectivity index (χ1n) is 8.31. The number of likely N-dealkylation sites (tertiary alicyclic amines) is 1. The fraction of sp³-hybridized carbons (Fsp3) is 0.588. The zero-order valence-electron chi connectivity index (χ0n) is 13.9. The Kier molecular flexibility index (Phi) is 4.21. The lowest BCUT2D eigenvalue weighted by atomic mass is 9.81. The van der Waals surface area contributed by atoms with E-state index in [1.807, 2.05) is 24.0 Å². The first kappa shape index (κ1) is 16.5. The fourth-order valence-corrected chi connectivity index (χ4v) is 5.43. The largest absolute Gasteiger partial charge is 0.386 e. The predicted octanol–water partition coefficient (Wildman–Crippen LogP) is 3.08. The number of ether oxygens (including phenoxy) is 1. The highest BCUT2D eigenvalue weighted by Gasteiger charge is 2.46. The van der Waals surface area contributed by atoms with Crippen molar-refractivity contribution in [2.75, 3.05) is 13.2 Å². The Balaban J connectivity index is 1.56. The van der Waals surface area contributed by atoms with Crippen LogP contribution in [0.15, 0.2) is 18.3 Å². The summed E-state index contributed by atoms with van der Waals surface area (Å²) in [6.45, 7) is 4.46. The van der Waals surface area contributed by atoms with Gasteiger partial charge in [-0.3, -0.25) is 9.58 Å². The molecule has 1 saturated heterocycles. The molecule has 2 aromatic heterocycles. The van der Waals surface area contributed by atoms with Crippen LogP contribution < -0.4 is 0 Å². The first-order valence-corrected chi connectivity index (χ1v) is 9.50. The Bertz CT molecular complexity index is 746. The molecule has 1 spiro atoms. The van der Waals surface area contributed by atoms with Crippen molar-refractivity contribution in [3.05, 3.63) is 38.8 Å². The van der Waals surface area contributed by atoms with Gasteiger partial charge in [0.05, 0.1) is 16.6 Å². The predicted molar refractivity (Wildman–Crippen MR) is 94.2 cm³/mol. The molecule has 24 heavy (non-hydrogen) atoms. The van der Waals surface area contributed by atoms with Crippen LogP contribution in [-0.4, -0.2) is 39.0 Å². The molecular formula is C17H22ClN3O2S. The summed E-state index contributed by atoms with van der Waals surface area (Å²) in [5.41, 5.74) is 1.88. The molecule has 3 atom stereocenters. The highest BCUT2D eigenvalue weighted by Crippen LogP contribution is 2.50. The summed E-state index contributed by atoms with van der Waals surface area (Å²) in [5, 5.41) is 14.5. The number of rotatable bonds is 2. The lowest BCUT2D eigenvalue weighted by Crippen LogP contribution is -2.50. The van der Waals surface area contributed by atoms with Gasteiger partial charge in [-0.1, -0.05) is 11.6 Å². The van der Waals surface area contributed by atoms with Crippen LogP contribution in [0.5, 0.6) is 0 Å². The highest BCUT2D eigenvalue weighted by molar-refractivity contribution is 7.16. The Morgan fingerprint density at radius 2 is 2.38 bits per heavy atom. The summed E-state index contributed by atoms with van der Waals surface area (Å²) >= 11 is 7.79. The van der Waals surface area contributed by atoms with E-state index in [-0.39, 0.29) is 5.60 Å². The molecule has 1 fully saturated rings. The van der Waals surface area contributed by atoms with Gasteiger partial charge in [-0.2, -0.15) is 5.10 Å². The third kappa shape index (κ3) is 2.70. The molecule has 130 valence electrons. The van der Waals surface area contributed by atoms with Gasteiger partial charge in [-0.25, -0.2) is 0 Å². The number of aliphatic hydroxyl groups excluding tert-OH is 1. The van der Waals surface area contributed by atoms with Crippen molar-refractivity contribution in [3.63, 3.8) is 0 Å². The Labute approximate surface area is 150 Å². The molecule has 2 aliphatic heterocycles. The normalized spacial score (nSPS) is 30.7. The second-order valence-electron chi connectivity index (χ2n) is 6.88. The van der Waals surface area contributed by atoms with Gasteiger partial charge in [-0.05, 0) is 31.9 Å².